The third-order valence-corrected chi connectivity index (χ3v) is 7.33. The third kappa shape index (κ3) is 8.77. The predicted molar refractivity (Wildman–Crippen MR) is 155 cm³/mol. The van der Waals surface area contributed by atoms with Crippen molar-refractivity contribution in [3.63, 3.8) is 0 Å². The van der Waals surface area contributed by atoms with Gasteiger partial charge in [0.15, 0.2) is 11.0 Å². The minimum absolute atomic E-state index is 0.0219. The molecule has 6 amide bonds. The lowest BCUT2D eigenvalue weighted by atomic mass is 10.0. The number of fused-ring (bicyclic) bond motifs is 4. The van der Waals surface area contributed by atoms with Crippen LogP contribution >= 0.6 is 11.3 Å². The summed E-state index contributed by atoms with van der Waals surface area (Å²) < 4.78 is 47.0. The van der Waals surface area contributed by atoms with E-state index in [2.05, 4.69) is 19.9 Å². The van der Waals surface area contributed by atoms with Crippen molar-refractivity contribution in [2.24, 2.45) is 0 Å². The summed E-state index contributed by atoms with van der Waals surface area (Å²) in [4.78, 5) is 71.6. The van der Waals surface area contributed by atoms with Crippen LogP contribution in [0.3, 0.4) is 0 Å². The fourth-order valence-electron chi connectivity index (χ4n) is 4.14. The van der Waals surface area contributed by atoms with Crippen LogP contribution in [0.1, 0.15) is 74.0 Å². The van der Waals surface area contributed by atoms with Crippen molar-refractivity contribution >= 4 is 57.7 Å². The molecule has 45 heavy (non-hydrogen) atoms. The van der Waals surface area contributed by atoms with Gasteiger partial charge < -0.3 is 24.6 Å². The van der Waals surface area contributed by atoms with Crippen molar-refractivity contribution in [3.05, 3.63) is 15.6 Å². The second-order valence-electron chi connectivity index (χ2n) is 12.0. The molecule has 3 rings (SSSR count). The van der Waals surface area contributed by atoms with Crippen LogP contribution in [0.5, 0.6) is 0 Å². The fraction of sp³-hybridized carbons (Fsp3) is 0.625. The van der Waals surface area contributed by atoms with Crippen molar-refractivity contribution in [1.82, 2.24) is 35.4 Å². The fourth-order valence-corrected chi connectivity index (χ4v) is 5.60. The monoisotopic (exact) mass is 676 g/mol. The number of aromatic nitrogens is 1. The number of amides is 6. The van der Waals surface area contributed by atoms with E-state index in [9.17, 15) is 36.9 Å². The minimum atomic E-state index is -5.11. The first-order valence-corrected chi connectivity index (χ1v) is 15.5. The number of nitrogens with one attached hydrogen (secondary N) is 3. The summed E-state index contributed by atoms with van der Waals surface area (Å²) in [7, 11) is -2.24. The van der Waals surface area contributed by atoms with Crippen LogP contribution in [0.4, 0.5) is 14.4 Å². The number of carbonyl (C=O) groups is 5. The number of rotatable bonds is 7. The molecular weight excluding hydrogens is 640 g/mol. The Labute approximate surface area is 263 Å². The Hall–Kier alpha value is -4.08. The Balaban J connectivity index is 1.81. The first-order chi connectivity index (χ1) is 20.5. The normalized spacial score (nSPS) is 17.8. The van der Waals surface area contributed by atoms with Gasteiger partial charge in [-0.15, -0.1) is 15.6 Å². The van der Waals surface area contributed by atoms with Crippen molar-refractivity contribution in [3.8, 4) is 0 Å². The number of ether oxygens (including phenoxy) is 2. The summed E-state index contributed by atoms with van der Waals surface area (Å²) in [5, 5.41) is 13.2. The molecule has 2 aliphatic heterocycles. The average molecular weight is 677 g/mol. The molecule has 0 radical (unpaired) electrons. The first kappa shape index (κ1) is 35.4. The predicted octanol–water partition coefficient (Wildman–Crippen LogP) is 1.23. The number of hydrogen-bond acceptors (Lipinski definition) is 13. The highest BCUT2D eigenvalue weighted by atomic mass is 32.3. The number of nitrogens with zero attached hydrogens (tertiary/aromatic N) is 5. The number of urea groups is 1. The molecule has 0 spiro atoms. The molecule has 0 aliphatic carbocycles. The molecular formula is C24H36N8O11S2. The summed E-state index contributed by atoms with van der Waals surface area (Å²) in [6.07, 6.45) is -1.97. The highest BCUT2D eigenvalue weighted by molar-refractivity contribution is 7.80. The molecule has 3 heterocycles. The molecule has 21 heteroatoms. The number of carbonyl (C=O) groups excluding carboxylic acids is 5. The van der Waals surface area contributed by atoms with E-state index in [1.807, 2.05) is 0 Å². The SMILES string of the molecule is CN(C)C(=O)[C@@H]1c2nc(C(=O)NCCN(C(=N)NC(=O)OC(C)(C)C)C(=O)OC(C)(C)C)sc2[C@@H]2CN1C(=O)N2OS(=O)(=O)O. The van der Waals surface area contributed by atoms with Crippen LogP contribution in [0, 0.1) is 5.41 Å². The molecule has 1 aromatic heterocycles. The molecule has 0 saturated carbocycles. The van der Waals surface area contributed by atoms with Gasteiger partial charge in [-0.25, -0.2) is 24.3 Å². The van der Waals surface area contributed by atoms with Gasteiger partial charge in [0, 0.05) is 27.2 Å². The van der Waals surface area contributed by atoms with Gasteiger partial charge in [-0.1, -0.05) is 0 Å². The maximum absolute atomic E-state index is 13.1. The van der Waals surface area contributed by atoms with E-state index in [1.54, 1.807) is 41.5 Å². The number of likely N-dealkylation sites (N-methyl/N-ethyl adjacent to an activating group) is 1. The maximum Gasteiger partial charge on any atom is 0.418 e. The maximum atomic E-state index is 13.1. The molecule has 1 fully saturated rings. The Morgan fingerprint density at radius 3 is 2.24 bits per heavy atom. The van der Waals surface area contributed by atoms with Gasteiger partial charge in [-0.3, -0.25) is 24.9 Å². The molecule has 1 aromatic rings. The van der Waals surface area contributed by atoms with Gasteiger partial charge in [-0.05, 0) is 41.5 Å². The molecule has 2 aliphatic rings. The van der Waals surface area contributed by atoms with E-state index in [1.165, 1.54) is 19.0 Å². The average Bonchev–Trinajstić information content (AvgIpc) is 3.40. The van der Waals surface area contributed by atoms with Crippen LogP contribution in [0.15, 0.2) is 0 Å². The van der Waals surface area contributed by atoms with E-state index >= 15 is 0 Å². The lowest BCUT2D eigenvalue weighted by molar-refractivity contribution is -0.133. The Kier molecular flexibility index (Phi) is 10.0. The van der Waals surface area contributed by atoms with Gasteiger partial charge in [0.05, 0.1) is 17.1 Å². The molecule has 19 nitrogen and oxygen atoms in total. The number of hydrogen-bond donors (Lipinski definition) is 4. The summed E-state index contributed by atoms with van der Waals surface area (Å²) in [5.41, 5.74) is -1.81. The number of hydroxylamine groups is 2. The van der Waals surface area contributed by atoms with Gasteiger partial charge in [-0.2, -0.15) is 13.5 Å². The largest absolute Gasteiger partial charge is 0.444 e. The highest BCUT2D eigenvalue weighted by Crippen LogP contribution is 2.46. The summed E-state index contributed by atoms with van der Waals surface area (Å²) >= 11 is 0.768. The van der Waals surface area contributed by atoms with Crippen molar-refractivity contribution < 1.29 is 50.7 Å². The summed E-state index contributed by atoms with van der Waals surface area (Å²) in [5.74, 6) is -2.02. The van der Waals surface area contributed by atoms with E-state index in [-0.39, 0.29) is 35.2 Å². The molecule has 250 valence electrons. The quantitative estimate of drug-likeness (QED) is 0.181. The smallest absolute Gasteiger partial charge is 0.418 e. The first-order valence-electron chi connectivity index (χ1n) is 13.3. The van der Waals surface area contributed by atoms with Gasteiger partial charge in [0.25, 0.3) is 11.8 Å². The van der Waals surface area contributed by atoms with Crippen LogP contribution in [0.25, 0.3) is 0 Å². The Morgan fingerprint density at radius 2 is 1.71 bits per heavy atom. The van der Waals surface area contributed by atoms with Crippen molar-refractivity contribution in [1.29, 1.82) is 5.41 Å². The summed E-state index contributed by atoms with van der Waals surface area (Å²) in [6, 6.07) is -3.42. The summed E-state index contributed by atoms with van der Waals surface area (Å²) in [6.45, 7) is 8.89. The lowest BCUT2D eigenvalue weighted by Gasteiger charge is -2.30. The number of thiazole rings is 1. The van der Waals surface area contributed by atoms with Gasteiger partial charge in [0.1, 0.15) is 17.2 Å². The zero-order valence-corrected chi connectivity index (χ0v) is 27.5. The highest BCUT2D eigenvalue weighted by Gasteiger charge is 2.54. The molecule has 2 atom stereocenters. The zero-order chi connectivity index (χ0) is 34.2. The second kappa shape index (κ2) is 12.7. The van der Waals surface area contributed by atoms with E-state index in [4.69, 9.17) is 14.9 Å². The lowest BCUT2D eigenvalue weighted by Crippen LogP contribution is -2.51. The Morgan fingerprint density at radius 1 is 1.11 bits per heavy atom. The molecule has 0 aromatic carbocycles. The van der Waals surface area contributed by atoms with Crippen molar-refractivity contribution in [2.45, 2.75) is 64.8 Å². The van der Waals surface area contributed by atoms with Crippen LogP contribution in [0.2, 0.25) is 0 Å². The standard InChI is InChI=1S/C24H36N8O11S2/c1-23(2,3)41-20(35)28-19(25)30(22(37)42-24(4,5)6)10-9-26-16(33)17-27-13-14(18(34)29(7)8)31-11-12(15(13)44-17)32(21(31)36)43-45(38,39)40/h12,14H,9-11H2,1-8H3,(H,26,33)(H2,25,28,35)(H,38,39,40)/t12-,14-/m0/s1. The third-order valence-electron chi connectivity index (χ3n) is 5.81. The van der Waals surface area contributed by atoms with E-state index in [0.717, 1.165) is 21.1 Å². The molecule has 4 N–H and O–H groups in total. The van der Waals surface area contributed by atoms with Gasteiger partial charge in [0.2, 0.25) is 5.96 Å². The zero-order valence-electron chi connectivity index (χ0n) is 25.9. The number of guanidine groups is 1. The number of alkyl carbamates (subject to hydrolysis) is 1. The van der Waals surface area contributed by atoms with Crippen LogP contribution in [-0.2, 0) is 29.0 Å². The van der Waals surface area contributed by atoms with Crippen molar-refractivity contribution in [2.75, 3.05) is 33.7 Å². The molecule has 2 bridgehead atoms. The Bertz CT molecular complexity index is 1500. The second-order valence-corrected chi connectivity index (χ2v) is 14.1. The van der Waals surface area contributed by atoms with Crippen LogP contribution in [-0.4, -0.2) is 119 Å². The van der Waals surface area contributed by atoms with Gasteiger partial charge >= 0.3 is 28.6 Å². The van der Waals surface area contributed by atoms with Crippen LogP contribution < -0.4 is 10.6 Å². The topological polar surface area (TPSA) is 241 Å². The molecule has 1 saturated heterocycles. The van der Waals surface area contributed by atoms with E-state index < -0.39 is 69.7 Å². The minimum Gasteiger partial charge on any atom is -0.444 e. The van der Waals surface area contributed by atoms with E-state index in [0.29, 0.717) is 5.06 Å². The molecule has 0 unspecified atom stereocenters.